The minimum Gasteiger partial charge on any atom is -0.487 e. The molecule has 3 amide bonds. The number of likely N-dealkylation sites (tertiary alicyclic amines) is 1. The van der Waals surface area contributed by atoms with Gasteiger partial charge in [0.2, 0.25) is 5.91 Å². The van der Waals surface area contributed by atoms with Gasteiger partial charge in [0.05, 0.1) is 19.1 Å². The van der Waals surface area contributed by atoms with Gasteiger partial charge >= 0.3 is 6.03 Å². The molecule has 28 heavy (non-hydrogen) atoms. The van der Waals surface area contributed by atoms with Crippen LogP contribution in [0.3, 0.4) is 0 Å². The summed E-state index contributed by atoms with van der Waals surface area (Å²) in [4.78, 5) is 28.2. The van der Waals surface area contributed by atoms with Crippen LogP contribution in [0.25, 0.3) is 0 Å². The Kier molecular flexibility index (Phi) is 4.94. The summed E-state index contributed by atoms with van der Waals surface area (Å²) in [7, 11) is 0. The highest BCUT2D eigenvalue weighted by Crippen LogP contribution is 2.23. The van der Waals surface area contributed by atoms with Gasteiger partial charge in [0.1, 0.15) is 11.9 Å². The van der Waals surface area contributed by atoms with E-state index in [0.29, 0.717) is 26.1 Å². The zero-order chi connectivity index (χ0) is 19.7. The highest BCUT2D eigenvalue weighted by Gasteiger charge is 2.36. The lowest BCUT2D eigenvalue weighted by molar-refractivity contribution is -0.117. The van der Waals surface area contributed by atoms with Gasteiger partial charge in [-0.3, -0.25) is 4.79 Å². The van der Waals surface area contributed by atoms with Crippen molar-refractivity contribution in [3.8, 4) is 5.75 Å². The summed E-state index contributed by atoms with van der Waals surface area (Å²) in [6.45, 7) is 5.66. The average Bonchev–Trinajstić information content (AvgIpc) is 2.98. The van der Waals surface area contributed by atoms with Gasteiger partial charge in [-0.25, -0.2) is 4.79 Å². The molecule has 0 spiro atoms. The number of urea groups is 1. The number of hydrogen-bond acceptors (Lipinski definition) is 3. The van der Waals surface area contributed by atoms with E-state index in [1.807, 2.05) is 62.4 Å². The molecular weight excluding hydrogens is 354 g/mol. The number of anilines is 1. The van der Waals surface area contributed by atoms with E-state index in [-0.39, 0.29) is 24.1 Å². The lowest BCUT2D eigenvalue weighted by Gasteiger charge is -2.39. The van der Waals surface area contributed by atoms with Crippen LogP contribution in [0.15, 0.2) is 48.5 Å². The second-order valence-electron chi connectivity index (χ2n) is 7.65. The minimum atomic E-state index is -0.168. The molecule has 1 N–H and O–H groups in total. The van der Waals surface area contributed by atoms with Crippen LogP contribution < -0.4 is 15.0 Å². The molecule has 2 aromatic carbocycles. The topological polar surface area (TPSA) is 61.9 Å². The van der Waals surface area contributed by atoms with Gasteiger partial charge in [0.15, 0.2) is 0 Å². The van der Waals surface area contributed by atoms with Crippen molar-refractivity contribution in [1.29, 1.82) is 0 Å². The van der Waals surface area contributed by atoms with Crippen molar-refractivity contribution in [3.63, 3.8) is 0 Å². The van der Waals surface area contributed by atoms with Crippen LogP contribution in [0, 0.1) is 13.8 Å². The van der Waals surface area contributed by atoms with Crippen molar-refractivity contribution in [2.24, 2.45) is 0 Å². The lowest BCUT2D eigenvalue weighted by atomic mass is 10.1. The Morgan fingerprint density at radius 3 is 2.50 bits per heavy atom. The van der Waals surface area contributed by atoms with Crippen molar-refractivity contribution in [2.45, 2.75) is 32.4 Å². The van der Waals surface area contributed by atoms with Crippen LogP contribution in [0.2, 0.25) is 0 Å². The van der Waals surface area contributed by atoms with Gasteiger partial charge in [-0.15, -0.1) is 0 Å². The molecule has 6 nitrogen and oxygen atoms in total. The van der Waals surface area contributed by atoms with E-state index in [9.17, 15) is 9.59 Å². The van der Waals surface area contributed by atoms with E-state index in [1.165, 1.54) is 0 Å². The second-order valence-corrected chi connectivity index (χ2v) is 7.65. The van der Waals surface area contributed by atoms with E-state index >= 15 is 0 Å². The maximum atomic E-state index is 12.5. The third kappa shape index (κ3) is 3.96. The van der Waals surface area contributed by atoms with E-state index in [4.69, 9.17) is 4.74 Å². The molecule has 0 unspecified atom stereocenters. The standard InChI is InChI=1S/C22H25N3O3/c1-15-6-8-18(9-7-15)25-12-17(11-21(25)26)23-22(27)24-13-20(14-24)28-19-5-3-4-16(2)10-19/h3-10,17,20H,11-14H2,1-2H3,(H,23,27)/t17-/m1/s1. The molecule has 2 aliphatic rings. The first-order chi connectivity index (χ1) is 13.5. The van der Waals surface area contributed by atoms with E-state index < -0.39 is 0 Å². The zero-order valence-electron chi connectivity index (χ0n) is 16.2. The molecule has 2 heterocycles. The SMILES string of the molecule is Cc1ccc(N2C[C@H](NC(=O)N3CC(Oc4cccc(C)c4)C3)CC2=O)cc1. The largest absolute Gasteiger partial charge is 0.487 e. The van der Waals surface area contributed by atoms with Crippen LogP contribution in [-0.2, 0) is 4.79 Å². The van der Waals surface area contributed by atoms with E-state index in [1.54, 1.807) is 9.80 Å². The molecule has 1 atom stereocenters. The third-order valence-electron chi connectivity index (χ3n) is 5.23. The minimum absolute atomic E-state index is 0.0156. The van der Waals surface area contributed by atoms with Crippen LogP contribution >= 0.6 is 0 Å². The second kappa shape index (κ2) is 7.54. The van der Waals surface area contributed by atoms with E-state index in [0.717, 1.165) is 22.6 Å². The fourth-order valence-electron chi connectivity index (χ4n) is 3.60. The molecule has 0 bridgehead atoms. The Hall–Kier alpha value is -3.02. The molecule has 6 heteroatoms. The molecular formula is C22H25N3O3. The summed E-state index contributed by atoms with van der Waals surface area (Å²) in [5.41, 5.74) is 3.18. The first-order valence-corrected chi connectivity index (χ1v) is 9.64. The van der Waals surface area contributed by atoms with Crippen LogP contribution in [0.1, 0.15) is 17.5 Å². The number of carbonyl (C=O) groups excluding carboxylic acids is 2. The van der Waals surface area contributed by atoms with Crippen molar-refractivity contribution >= 4 is 17.6 Å². The lowest BCUT2D eigenvalue weighted by Crippen LogP contribution is -2.60. The van der Waals surface area contributed by atoms with Crippen molar-refractivity contribution < 1.29 is 14.3 Å². The van der Waals surface area contributed by atoms with Gasteiger partial charge in [-0.05, 0) is 43.7 Å². The fourth-order valence-corrected chi connectivity index (χ4v) is 3.60. The number of ether oxygens (including phenoxy) is 1. The maximum Gasteiger partial charge on any atom is 0.317 e. The molecule has 2 fully saturated rings. The maximum absolute atomic E-state index is 12.5. The van der Waals surface area contributed by atoms with Crippen molar-refractivity contribution in [2.75, 3.05) is 24.5 Å². The predicted octanol–water partition coefficient (Wildman–Crippen LogP) is 2.88. The monoisotopic (exact) mass is 379 g/mol. The normalized spacial score (nSPS) is 19.5. The highest BCUT2D eigenvalue weighted by atomic mass is 16.5. The van der Waals surface area contributed by atoms with Crippen LogP contribution in [0.5, 0.6) is 5.75 Å². The highest BCUT2D eigenvalue weighted by molar-refractivity contribution is 5.96. The van der Waals surface area contributed by atoms with E-state index in [2.05, 4.69) is 5.32 Å². The number of rotatable bonds is 4. The molecule has 4 rings (SSSR count). The number of nitrogens with one attached hydrogen (secondary N) is 1. The summed E-state index contributed by atoms with van der Waals surface area (Å²) in [6.07, 6.45) is 0.346. The average molecular weight is 379 g/mol. The Morgan fingerprint density at radius 1 is 1.04 bits per heavy atom. The Morgan fingerprint density at radius 2 is 1.79 bits per heavy atom. The molecule has 0 aliphatic carbocycles. The molecule has 2 aliphatic heterocycles. The molecule has 2 saturated heterocycles. The summed E-state index contributed by atoms with van der Waals surface area (Å²) >= 11 is 0. The number of carbonyl (C=O) groups is 2. The first kappa shape index (κ1) is 18.3. The molecule has 0 aromatic heterocycles. The predicted molar refractivity (Wildman–Crippen MR) is 108 cm³/mol. The number of nitrogens with zero attached hydrogens (tertiary/aromatic N) is 2. The molecule has 0 saturated carbocycles. The van der Waals surface area contributed by atoms with Gasteiger partial charge in [-0.2, -0.15) is 0 Å². The van der Waals surface area contributed by atoms with Gasteiger partial charge in [-0.1, -0.05) is 29.8 Å². The van der Waals surface area contributed by atoms with Crippen molar-refractivity contribution in [3.05, 3.63) is 59.7 Å². The molecule has 2 aromatic rings. The Bertz CT molecular complexity index is 875. The quantitative estimate of drug-likeness (QED) is 0.889. The van der Waals surface area contributed by atoms with Gasteiger partial charge in [0, 0.05) is 18.7 Å². The molecule has 146 valence electrons. The van der Waals surface area contributed by atoms with Gasteiger partial charge < -0.3 is 19.9 Å². The summed E-state index contributed by atoms with van der Waals surface area (Å²) in [5, 5.41) is 2.98. The number of aryl methyl sites for hydroxylation is 2. The number of hydrogen-bond donors (Lipinski definition) is 1. The molecule has 0 radical (unpaired) electrons. The number of benzene rings is 2. The Balaban J connectivity index is 1.26. The zero-order valence-corrected chi connectivity index (χ0v) is 16.2. The summed E-state index contributed by atoms with van der Waals surface area (Å²) < 4.78 is 5.90. The Labute approximate surface area is 165 Å². The van der Waals surface area contributed by atoms with Gasteiger partial charge in [0.25, 0.3) is 0 Å². The third-order valence-corrected chi connectivity index (χ3v) is 5.23. The summed E-state index contributed by atoms with van der Waals surface area (Å²) in [6, 6.07) is 15.5. The van der Waals surface area contributed by atoms with Crippen LogP contribution in [-0.4, -0.2) is 48.6 Å². The van der Waals surface area contributed by atoms with Crippen molar-refractivity contribution in [1.82, 2.24) is 10.2 Å². The summed E-state index contributed by atoms with van der Waals surface area (Å²) in [5.74, 6) is 0.874. The number of amides is 3. The smallest absolute Gasteiger partial charge is 0.317 e. The first-order valence-electron chi connectivity index (χ1n) is 9.64. The fraction of sp³-hybridized carbons (Fsp3) is 0.364. The van der Waals surface area contributed by atoms with Crippen LogP contribution in [0.4, 0.5) is 10.5 Å².